The van der Waals surface area contributed by atoms with Crippen LogP contribution in [0, 0.1) is 0 Å². The SMILES string of the molecule is CCc1c(NC)ncnc1OC(C)c1ccccc1. The molecule has 2 aromatic rings. The van der Waals surface area contributed by atoms with E-state index in [4.69, 9.17) is 4.74 Å². The van der Waals surface area contributed by atoms with Gasteiger partial charge in [-0.15, -0.1) is 0 Å². The zero-order valence-electron chi connectivity index (χ0n) is 11.6. The van der Waals surface area contributed by atoms with E-state index < -0.39 is 0 Å². The first-order valence-corrected chi connectivity index (χ1v) is 6.49. The van der Waals surface area contributed by atoms with Crippen LogP contribution in [-0.4, -0.2) is 17.0 Å². The molecule has 0 saturated heterocycles. The molecule has 0 amide bonds. The standard InChI is InChI=1S/C15H19N3O/c1-4-13-14(16-3)17-10-18-15(13)19-11(2)12-8-6-5-7-9-12/h5-11H,4H2,1-3H3,(H,16,17,18). The minimum atomic E-state index is -0.0360. The van der Waals surface area contributed by atoms with Gasteiger partial charge in [0.1, 0.15) is 18.2 Å². The molecular formula is C15H19N3O. The van der Waals surface area contributed by atoms with E-state index in [2.05, 4.69) is 34.3 Å². The zero-order chi connectivity index (χ0) is 13.7. The van der Waals surface area contributed by atoms with Crippen molar-refractivity contribution in [2.75, 3.05) is 12.4 Å². The number of ether oxygens (including phenoxy) is 1. The predicted molar refractivity (Wildman–Crippen MR) is 76.4 cm³/mol. The van der Waals surface area contributed by atoms with Crippen LogP contribution in [0.3, 0.4) is 0 Å². The lowest BCUT2D eigenvalue weighted by molar-refractivity contribution is 0.215. The van der Waals surface area contributed by atoms with Gasteiger partial charge in [-0.1, -0.05) is 37.3 Å². The zero-order valence-corrected chi connectivity index (χ0v) is 11.6. The smallest absolute Gasteiger partial charge is 0.222 e. The van der Waals surface area contributed by atoms with Gasteiger partial charge in [-0.25, -0.2) is 9.97 Å². The molecule has 0 saturated carbocycles. The molecule has 19 heavy (non-hydrogen) atoms. The summed E-state index contributed by atoms with van der Waals surface area (Å²) in [7, 11) is 1.85. The molecule has 1 aromatic heterocycles. The summed E-state index contributed by atoms with van der Waals surface area (Å²) in [5, 5.41) is 3.07. The molecular weight excluding hydrogens is 238 g/mol. The Labute approximate surface area is 113 Å². The molecule has 0 radical (unpaired) electrons. The molecule has 1 atom stereocenters. The average molecular weight is 257 g/mol. The Morgan fingerprint density at radius 2 is 1.95 bits per heavy atom. The van der Waals surface area contributed by atoms with Gasteiger partial charge in [-0.3, -0.25) is 0 Å². The van der Waals surface area contributed by atoms with Crippen LogP contribution in [0.5, 0.6) is 5.88 Å². The third kappa shape index (κ3) is 3.02. The maximum absolute atomic E-state index is 5.97. The second-order valence-corrected chi connectivity index (χ2v) is 4.28. The Bertz CT molecular complexity index is 528. The normalized spacial score (nSPS) is 11.9. The molecule has 1 aromatic carbocycles. The van der Waals surface area contributed by atoms with Crippen LogP contribution < -0.4 is 10.1 Å². The first-order valence-electron chi connectivity index (χ1n) is 6.49. The van der Waals surface area contributed by atoms with Gasteiger partial charge >= 0.3 is 0 Å². The molecule has 1 unspecified atom stereocenters. The highest BCUT2D eigenvalue weighted by Crippen LogP contribution is 2.26. The fraction of sp³-hybridized carbons (Fsp3) is 0.333. The second kappa shape index (κ2) is 6.18. The van der Waals surface area contributed by atoms with Crippen LogP contribution in [-0.2, 0) is 6.42 Å². The van der Waals surface area contributed by atoms with E-state index in [1.807, 2.05) is 32.2 Å². The van der Waals surface area contributed by atoms with Crippen molar-refractivity contribution < 1.29 is 4.74 Å². The fourth-order valence-electron chi connectivity index (χ4n) is 1.99. The minimum Gasteiger partial charge on any atom is -0.469 e. The van der Waals surface area contributed by atoms with Crippen LogP contribution in [0.1, 0.15) is 31.1 Å². The Kier molecular flexibility index (Phi) is 4.34. The first kappa shape index (κ1) is 13.3. The van der Waals surface area contributed by atoms with Crippen molar-refractivity contribution in [3.05, 3.63) is 47.8 Å². The summed E-state index contributed by atoms with van der Waals surface area (Å²) in [6, 6.07) is 10.1. The molecule has 2 rings (SSSR count). The number of rotatable bonds is 5. The molecule has 0 aliphatic carbocycles. The van der Waals surface area contributed by atoms with Gasteiger partial charge in [0, 0.05) is 7.05 Å². The topological polar surface area (TPSA) is 47.0 Å². The van der Waals surface area contributed by atoms with E-state index in [1.54, 1.807) is 0 Å². The van der Waals surface area contributed by atoms with Crippen LogP contribution >= 0.6 is 0 Å². The predicted octanol–water partition coefficient (Wildman–Crippen LogP) is 3.22. The van der Waals surface area contributed by atoms with E-state index >= 15 is 0 Å². The maximum atomic E-state index is 5.97. The molecule has 1 heterocycles. The summed E-state index contributed by atoms with van der Waals surface area (Å²) >= 11 is 0. The highest BCUT2D eigenvalue weighted by atomic mass is 16.5. The number of hydrogen-bond acceptors (Lipinski definition) is 4. The summed E-state index contributed by atoms with van der Waals surface area (Å²) in [4.78, 5) is 8.46. The number of nitrogens with one attached hydrogen (secondary N) is 1. The summed E-state index contributed by atoms with van der Waals surface area (Å²) < 4.78 is 5.97. The van der Waals surface area contributed by atoms with Crippen molar-refractivity contribution >= 4 is 5.82 Å². The van der Waals surface area contributed by atoms with Crippen molar-refractivity contribution in [2.24, 2.45) is 0 Å². The molecule has 0 aliphatic heterocycles. The fourth-order valence-corrected chi connectivity index (χ4v) is 1.99. The summed E-state index contributed by atoms with van der Waals surface area (Å²) in [6.07, 6.45) is 2.32. The monoisotopic (exact) mass is 257 g/mol. The van der Waals surface area contributed by atoms with E-state index in [9.17, 15) is 0 Å². The van der Waals surface area contributed by atoms with Crippen LogP contribution in [0.2, 0.25) is 0 Å². The average Bonchev–Trinajstić information content (AvgIpc) is 2.47. The molecule has 4 heteroatoms. The lowest BCUT2D eigenvalue weighted by Crippen LogP contribution is -2.08. The molecule has 100 valence electrons. The van der Waals surface area contributed by atoms with Crippen molar-refractivity contribution in [2.45, 2.75) is 26.4 Å². The highest BCUT2D eigenvalue weighted by molar-refractivity contribution is 5.48. The van der Waals surface area contributed by atoms with Crippen molar-refractivity contribution in [1.82, 2.24) is 9.97 Å². The Morgan fingerprint density at radius 1 is 1.21 bits per heavy atom. The summed E-state index contributed by atoms with van der Waals surface area (Å²) in [5.74, 6) is 1.48. The quantitative estimate of drug-likeness (QED) is 0.893. The van der Waals surface area contributed by atoms with Crippen molar-refractivity contribution in [3.63, 3.8) is 0 Å². The van der Waals surface area contributed by atoms with Crippen LogP contribution in [0.15, 0.2) is 36.7 Å². The lowest BCUT2D eigenvalue weighted by Gasteiger charge is -2.17. The van der Waals surface area contributed by atoms with Gasteiger partial charge in [0.25, 0.3) is 0 Å². The number of anilines is 1. The van der Waals surface area contributed by atoms with Gasteiger partial charge in [0.2, 0.25) is 5.88 Å². The number of nitrogens with zero attached hydrogens (tertiary/aromatic N) is 2. The van der Waals surface area contributed by atoms with Gasteiger partial charge in [-0.2, -0.15) is 0 Å². The van der Waals surface area contributed by atoms with Crippen molar-refractivity contribution in [3.8, 4) is 5.88 Å². The van der Waals surface area contributed by atoms with E-state index in [-0.39, 0.29) is 6.10 Å². The summed E-state index contributed by atoms with van der Waals surface area (Å²) in [6.45, 7) is 4.09. The Balaban J connectivity index is 2.24. The Hall–Kier alpha value is -2.10. The van der Waals surface area contributed by atoms with Crippen molar-refractivity contribution in [1.29, 1.82) is 0 Å². The molecule has 0 aliphatic rings. The second-order valence-electron chi connectivity index (χ2n) is 4.28. The lowest BCUT2D eigenvalue weighted by atomic mass is 10.1. The van der Waals surface area contributed by atoms with Gasteiger partial charge in [-0.05, 0) is 18.9 Å². The van der Waals surface area contributed by atoms with Crippen LogP contribution in [0.4, 0.5) is 5.82 Å². The minimum absolute atomic E-state index is 0.0360. The molecule has 4 nitrogen and oxygen atoms in total. The Morgan fingerprint density at radius 3 is 2.58 bits per heavy atom. The number of hydrogen-bond donors (Lipinski definition) is 1. The van der Waals surface area contributed by atoms with Gasteiger partial charge in [0.15, 0.2) is 0 Å². The molecule has 0 fully saturated rings. The summed E-state index contributed by atoms with van der Waals surface area (Å²) in [5.41, 5.74) is 2.14. The van der Waals surface area contributed by atoms with E-state index in [0.29, 0.717) is 5.88 Å². The van der Waals surface area contributed by atoms with Crippen LogP contribution in [0.25, 0.3) is 0 Å². The van der Waals surface area contributed by atoms with E-state index in [1.165, 1.54) is 6.33 Å². The van der Waals surface area contributed by atoms with Gasteiger partial charge in [0.05, 0.1) is 5.56 Å². The number of benzene rings is 1. The largest absolute Gasteiger partial charge is 0.469 e. The molecule has 0 spiro atoms. The van der Waals surface area contributed by atoms with Gasteiger partial charge < -0.3 is 10.1 Å². The molecule has 0 bridgehead atoms. The first-order chi connectivity index (χ1) is 9.26. The third-order valence-corrected chi connectivity index (χ3v) is 3.05. The molecule has 1 N–H and O–H groups in total. The maximum Gasteiger partial charge on any atom is 0.222 e. The number of aromatic nitrogens is 2. The third-order valence-electron chi connectivity index (χ3n) is 3.05. The van der Waals surface area contributed by atoms with E-state index in [0.717, 1.165) is 23.4 Å². The highest BCUT2D eigenvalue weighted by Gasteiger charge is 2.14.